The molecule has 0 saturated carbocycles. The predicted octanol–water partition coefficient (Wildman–Crippen LogP) is 2.33. The van der Waals surface area contributed by atoms with Crippen molar-refractivity contribution in [2.45, 2.75) is 20.1 Å². The summed E-state index contributed by atoms with van der Waals surface area (Å²) in [6.45, 7) is 2.96. The molecule has 112 valence electrons. The molecule has 2 rings (SSSR count). The van der Waals surface area contributed by atoms with E-state index in [-0.39, 0.29) is 5.82 Å². The largest absolute Gasteiger partial charge is 0.497 e. The maximum Gasteiger partial charge on any atom is 0.342 e. The zero-order valence-electron chi connectivity index (χ0n) is 12.0. The molecule has 0 aliphatic rings. The van der Waals surface area contributed by atoms with Crippen LogP contribution in [0, 0.1) is 17.0 Å². The van der Waals surface area contributed by atoms with Crippen molar-refractivity contribution in [1.82, 2.24) is 9.55 Å². The van der Waals surface area contributed by atoms with Gasteiger partial charge in [0.1, 0.15) is 18.5 Å². The number of aryl methyl sites for hydroxylation is 1. The molecule has 1 aromatic heterocycles. The van der Waals surface area contributed by atoms with Crippen LogP contribution >= 0.6 is 0 Å². The monoisotopic (exact) mass is 291 g/mol. The minimum absolute atomic E-state index is 0.0134. The maximum atomic E-state index is 10.8. The average molecular weight is 291 g/mol. The molecule has 1 heterocycles. The summed E-state index contributed by atoms with van der Waals surface area (Å²) in [5.74, 6) is 1.39. The van der Waals surface area contributed by atoms with Gasteiger partial charge in [0.2, 0.25) is 0 Å². The normalized spacial score (nSPS) is 10.6. The number of aromatic nitrogens is 2. The highest BCUT2D eigenvalue weighted by Gasteiger charge is 2.16. The van der Waals surface area contributed by atoms with Gasteiger partial charge in [0, 0.05) is 6.92 Å². The van der Waals surface area contributed by atoms with E-state index in [1.807, 2.05) is 24.3 Å². The lowest BCUT2D eigenvalue weighted by atomic mass is 10.2. The summed E-state index contributed by atoms with van der Waals surface area (Å²) in [7, 11) is 1.62. The third-order valence-corrected chi connectivity index (χ3v) is 3.11. The van der Waals surface area contributed by atoms with E-state index in [9.17, 15) is 10.1 Å². The Morgan fingerprint density at radius 3 is 2.67 bits per heavy atom. The lowest BCUT2D eigenvalue weighted by molar-refractivity contribution is -0.392. The standard InChI is InChI=1S/C14H17N3O4/c1-11-15-9-14(17(18)19)16(11)7-8-21-10-12-3-5-13(20-2)6-4-12/h3-6,9H,7-8,10H2,1-2H3. The highest BCUT2D eigenvalue weighted by molar-refractivity contribution is 5.26. The van der Waals surface area contributed by atoms with Crippen LogP contribution in [0.3, 0.4) is 0 Å². The highest BCUT2D eigenvalue weighted by atomic mass is 16.6. The van der Waals surface area contributed by atoms with E-state index in [0.717, 1.165) is 11.3 Å². The number of ether oxygens (including phenoxy) is 2. The van der Waals surface area contributed by atoms with Gasteiger partial charge in [-0.25, -0.2) is 9.55 Å². The Morgan fingerprint density at radius 2 is 2.05 bits per heavy atom. The minimum Gasteiger partial charge on any atom is -0.497 e. The molecule has 1 aromatic carbocycles. The Morgan fingerprint density at radius 1 is 1.33 bits per heavy atom. The number of hydrogen-bond acceptors (Lipinski definition) is 5. The molecule has 0 fully saturated rings. The SMILES string of the molecule is COc1ccc(COCCn2c([N+](=O)[O-])cnc2C)cc1. The second kappa shape index (κ2) is 6.85. The van der Waals surface area contributed by atoms with Crippen LogP contribution in [0.4, 0.5) is 5.82 Å². The fraction of sp³-hybridized carbons (Fsp3) is 0.357. The number of rotatable bonds is 7. The number of methoxy groups -OCH3 is 1. The second-order valence-corrected chi connectivity index (χ2v) is 4.47. The Balaban J connectivity index is 1.84. The zero-order valence-corrected chi connectivity index (χ0v) is 12.0. The lowest BCUT2D eigenvalue weighted by Gasteiger charge is -2.06. The second-order valence-electron chi connectivity index (χ2n) is 4.47. The molecule has 0 radical (unpaired) electrons. The minimum atomic E-state index is -0.441. The number of nitro groups is 1. The van der Waals surface area contributed by atoms with Crippen molar-refractivity contribution < 1.29 is 14.4 Å². The quantitative estimate of drug-likeness (QED) is 0.444. The van der Waals surface area contributed by atoms with E-state index in [4.69, 9.17) is 9.47 Å². The molecule has 0 spiro atoms. The molecule has 0 atom stereocenters. The Labute approximate surface area is 122 Å². The number of imidazole rings is 1. The molecule has 0 saturated heterocycles. The highest BCUT2D eigenvalue weighted by Crippen LogP contribution is 2.14. The molecule has 7 heteroatoms. The molecular weight excluding hydrogens is 274 g/mol. The molecule has 7 nitrogen and oxygen atoms in total. The van der Waals surface area contributed by atoms with Gasteiger partial charge in [0.05, 0.1) is 20.3 Å². The molecule has 0 unspecified atom stereocenters. The van der Waals surface area contributed by atoms with Crippen LogP contribution in [0.2, 0.25) is 0 Å². The van der Waals surface area contributed by atoms with Crippen LogP contribution in [-0.2, 0) is 17.9 Å². The van der Waals surface area contributed by atoms with Gasteiger partial charge in [0.15, 0.2) is 5.82 Å². The molecule has 0 bridgehead atoms. The first-order valence-corrected chi connectivity index (χ1v) is 6.49. The van der Waals surface area contributed by atoms with Crippen molar-refractivity contribution in [2.75, 3.05) is 13.7 Å². The molecule has 0 aliphatic heterocycles. The Hall–Kier alpha value is -2.41. The third-order valence-electron chi connectivity index (χ3n) is 3.11. The summed E-state index contributed by atoms with van der Waals surface area (Å²) in [6, 6.07) is 7.57. The van der Waals surface area contributed by atoms with E-state index in [1.165, 1.54) is 10.8 Å². The van der Waals surface area contributed by atoms with Crippen molar-refractivity contribution >= 4 is 5.82 Å². The lowest BCUT2D eigenvalue weighted by Crippen LogP contribution is -2.10. The fourth-order valence-corrected chi connectivity index (χ4v) is 1.95. The third kappa shape index (κ3) is 3.79. The van der Waals surface area contributed by atoms with Crippen LogP contribution in [0.5, 0.6) is 5.75 Å². The van der Waals surface area contributed by atoms with E-state index in [0.29, 0.717) is 25.6 Å². The number of hydrogen-bond donors (Lipinski definition) is 0. The molecule has 2 aromatic rings. The predicted molar refractivity (Wildman–Crippen MR) is 76.3 cm³/mol. The summed E-state index contributed by atoms with van der Waals surface area (Å²) >= 11 is 0. The smallest absolute Gasteiger partial charge is 0.342 e. The first-order chi connectivity index (χ1) is 10.1. The molecule has 0 amide bonds. The zero-order chi connectivity index (χ0) is 15.2. The van der Waals surface area contributed by atoms with Gasteiger partial charge in [-0.05, 0) is 22.6 Å². The van der Waals surface area contributed by atoms with Crippen LogP contribution < -0.4 is 4.74 Å². The van der Waals surface area contributed by atoms with E-state index >= 15 is 0 Å². The van der Waals surface area contributed by atoms with Gasteiger partial charge in [-0.1, -0.05) is 12.1 Å². The van der Waals surface area contributed by atoms with Gasteiger partial charge in [-0.3, -0.25) is 0 Å². The summed E-state index contributed by atoms with van der Waals surface area (Å²) in [5, 5.41) is 10.8. The Bertz CT molecular complexity index is 607. The van der Waals surface area contributed by atoms with Crippen LogP contribution in [0.1, 0.15) is 11.4 Å². The topological polar surface area (TPSA) is 79.4 Å². The molecule has 0 aliphatic carbocycles. The number of benzene rings is 1. The maximum absolute atomic E-state index is 10.8. The van der Waals surface area contributed by atoms with Crippen molar-refractivity contribution in [2.24, 2.45) is 0 Å². The van der Waals surface area contributed by atoms with Crippen molar-refractivity contribution in [3.63, 3.8) is 0 Å². The Kier molecular flexibility index (Phi) is 4.89. The van der Waals surface area contributed by atoms with E-state index in [2.05, 4.69) is 4.98 Å². The van der Waals surface area contributed by atoms with Gasteiger partial charge in [-0.2, -0.15) is 0 Å². The average Bonchev–Trinajstić information content (AvgIpc) is 2.85. The van der Waals surface area contributed by atoms with Gasteiger partial charge in [-0.15, -0.1) is 0 Å². The van der Waals surface area contributed by atoms with Gasteiger partial charge in [0.25, 0.3) is 0 Å². The first kappa shape index (κ1) is 15.0. The van der Waals surface area contributed by atoms with E-state index < -0.39 is 4.92 Å². The summed E-state index contributed by atoms with van der Waals surface area (Å²) in [6.07, 6.45) is 1.26. The van der Waals surface area contributed by atoms with Gasteiger partial charge < -0.3 is 19.6 Å². The number of nitrogens with zero attached hydrogens (tertiary/aromatic N) is 3. The van der Waals surface area contributed by atoms with Crippen molar-refractivity contribution in [3.05, 3.63) is 52.0 Å². The molecule has 21 heavy (non-hydrogen) atoms. The van der Waals surface area contributed by atoms with Crippen molar-refractivity contribution in [1.29, 1.82) is 0 Å². The summed E-state index contributed by atoms with van der Waals surface area (Å²) in [5.41, 5.74) is 1.02. The van der Waals surface area contributed by atoms with E-state index in [1.54, 1.807) is 14.0 Å². The molecular formula is C14H17N3O4. The van der Waals surface area contributed by atoms with Crippen LogP contribution in [0.15, 0.2) is 30.5 Å². The first-order valence-electron chi connectivity index (χ1n) is 6.49. The van der Waals surface area contributed by atoms with Crippen molar-refractivity contribution in [3.8, 4) is 5.75 Å². The van der Waals surface area contributed by atoms with Crippen LogP contribution in [0.25, 0.3) is 0 Å². The summed E-state index contributed by atoms with van der Waals surface area (Å²) in [4.78, 5) is 14.3. The van der Waals surface area contributed by atoms with Crippen LogP contribution in [-0.4, -0.2) is 28.2 Å². The van der Waals surface area contributed by atoms with Gasteiger partial charge >= 0.3 is 5.82 Å². The molecule has 0 N–H and O–H groups in total. The summed E-state index contributed by atoms with van der Waals surface area (Å²) < 4.78 is 12.2. The fourth-order valence-electron chi connectivity index (χ4n) is 1.95.